The first-order valence-electron chi connectivity index (χ1n) is 6.94. The van der Waals surface area contributed by atoms with Crippen molar-refractivity contribution in [1.82, 2.24) is 10.2 Å². The molecule has 0 radical (unpaired) electrons. The van der Waals surface area contributed by atoms with Crippen LogP contribution in [0.5, 0.6) is 0 Å². The highest BCUT2D eigenvalue weighted by molar-refractivity contribution is 5.81. The van der Waals surface area contributed by atoms with Gasteiger partial charge in [-0.15, -0.1) is 0 Å². The van der Waals surface area contributed by atoms with Crippen molar-refractivity contribution in [3.05, 3.63) is 35.6 Å². The van der Waals surface area contributed by atoms with Gasteiger partial charge in [0.2, 0.25) is 5.91 Å². The highest BCUT2D eigenvalue weighted by Crippen LogP contribution is 2.10. The lowest BCUT2D eigenvalue weighted by Crippen LogP contribution is -2.51. The Labute approximate surface area is 118 Å². The van der Waals surface area contributed by atoms with Gasteiger partial charge < -0.3 is 10.1 Å². The number of ether oxygens (including phenoxy) is 1. The molecule has 0 aromatic heterocycles. The Bertz CT molecular complexity index is 467. The topological polar surface area (TPSA) is 41.6 Å². The molecule has 1 aliphatic rings. The summed E-state index contributed by atoms with van der Waals surface area (Å²) in [5.74, 6) is -0.372. The van der Waals surface area contributed by atoms with Crippen LogP contribution in [0.15, 0.2) is 24.3 Å². The van der Waals surface area contributed by atoms with Crippen LogP contribution in [0.4, 0.5) is 4.39 Å². The second kappa shape index (κ2) is 6.81. The highest BCUT2D eigenvalue weighted by Gasteiger charge is 2.25. The van der Waals surface area contributed by atoms with Crippen molar-refractivity contribution in [2.75, 3.05) is 19.7 Å². The van der Waals surface area contributed by atoms with E-state index in [0.29, 0.717) is 12.2 Å². The van der Waals surface area contributed by atoms with Crippen molar-refractivity contribution in [3.63, 3.8) is 0 Å². The zero-order chi connectivity index (χ0) is 14.5. The first-order chi connectivity index (χ1) is 9.58. The van der Waals surface area contributed by atoms with E-state index in [0.717, 1.165) is 13.1 Å². The van der Waals surface area contributed by atoms with Gasteiger partial charge in [0.15, 0.2) is 0 Å². The molecule has 1 saturated heterocycles. The summed E-state index contributed by atoms with van der Waals surface area (Å²) in [5.41, 5.74) is 0.503. The predicted molar refractivity (Wildman–Crippen MR) is 74.7 cm³/mol. The summed E-state index contributed by atoms with van der Waals surface area (Å²) in [6.45, 7) is 6.22. The maximum atomic E-state index is 13.5. The monoisotopic (exact) mass is 280 g/mol. The fourth-order valence-corrected chi connectivity index (χ4v) is 2.33. The lowest BCUT2D eigenvalue weighted by molar-refractivity contribution is -0.129. The van der Waals surface area contributed by atoms with Crippen LogP contribution >= 0.6 is 0 Å². The molecule has 1 amide bonds. The number of carbonyl (C=O) groups is 1. The minimum Gasteiger partial charge on any atom is -0.376 e. The van der Waals surface area contributed by atoms with Crippen molar-refractivity contribution in [3.8, 4) is 0 Å². The van der Waals surface area contributed by atoms with E-state index in [1.807, 2.05) is 13.8 Å². The number of amides is 1. The second-order valence-electron chi connectivity index (χ2n) is 5.16. The van der Waals surface area contributed by atoms with Crippen LogP contribution in [0, 0.1) is 5.82 Å². The molecular formula is C15H21FN2O2. The van der Waals surface area contributed by atoms with E-state index in [-0.39, 0.29) is 30.4 Å². The van der Waals surface area contributed by atoms with Gasteiger partial charge >= 0.3 is 0 Å². The minimum absolute atomic E-state index is 0.0812. The molecule has 0 saturated carbocycles. The molecule has 5 heteroatoms. The molecule has 0 spiro atoms. The van der Waals surface area contributed by atoms with Crippen LogP contribution in [0.1, 0.15) is 19.4 Å². The van der Waals surface area contributed by atoms with E-state index in [1.54, 1.807) is 18.2 Å². The summed E-state index contributed by atoms with van der Waals surface area (Å²) in [5, 5.41) is 2.79. The molecule has 0 aliphatic carbocycles. The van der Waals surface area contributed by atoms with Gasteiger partial charge in [-0.3, -0.25) is 9.69 Å². The molecule has 110 valence electrons. The summed E-state index contributed by atoms with van der Waals surface area (Å²) in [4.78, 5) is 14.2. The fraction of sp³-hybridized carbons (Fsp3) is 0.533. The molecule has 2 rings (SSSR count). The number of nitrogens with one attached hydrogen (secondary N) is 1. The molecular weight excluding hydrogens is 259 g/mol. The molecule has 1 fully saturated rings. The Morgan fingerprint density at radius 3 is 3.00 bits per heavy atom. The van der Waals surface area contributed by atoms with Crippen LogP contribution in [0.3, 0.4) is 0 Å². The molecule has 4 nitrogen and oxygen atoms in total. The maximum absolute atomic E-state index is 13.5. The molecule has 2 unspecified atom stereocenters. The van der Waals surface area contributed by atoms with Crippen LogP contribution < -0.4 is 5.32 Å². The number of nitrogens with zero attached hydrogens (tertiary/aromatic N) is 1. The van der Waals surface area contributed by atoms with Gasteiger partial charge in [-0.05, 0) is 19.9 Å². The highest BCUT2D eigenvalue weighted by atomic mass is 19.1. The van der Waals surface area contributed by atoms with E-state index in [4.69, 9.17) is 4.74 Å². The van der Waals surface area contributed by atoms with E-state index >= 15 is 0 Å². The van der Waals surface area contributed by atoms with E-state index in [9.17, 15) is 9.18 Å². The largest absolute Gasteiger partial charge is 0.376 e. The van der Waals surface area contributed by atoms with Gasteiger partial charge in [0.25, 0.3) is 0 Å². The molecule has 2 atom stereocenters. The first kappa shape index (κ1) is 14.9. The standard InChI is InChI=1S/C15H21FN2O2/c1-11-10-18(7-8-20-11)12(2)15(19)17-9-13-5-3-4-6-14(13)16/h3-6,11-12H,7-10H2,1-2H3,(H,17,19). The van der Waals surface area contributed by atoms with Crippen molar-refractivity contribution >= 4 is 5.91 Å². The van der Waals surface area contributed by atoms with Gasteiger partial charge in [0.05, 0.1) is 18.8 Å². The lowest BCUT2D eigenvalue weighted by Gasteiger charge is -2.34. The number of hydrogen-bond acceptors (Lipinski definition) is 3. The van der Waals surface area contributed by atoms with Crippen LogP contribution in [-0.2, 0) is 16.1 Å². The molecule has 0 bridgehead atoms. The third kappa shape index (κ3) is 3.77. The third-order valence-electron chi connectivity index (χ3n) is 3.61. The Hall–Kier alpha value is -1.46. The van der Waals surface area contributed by atoms with Gasteiger partial charge in [-0.25, -0.2) is 4.39 Å². The fourth-order valence-electron chi connectivity index (χ4n) is 2.33. The molecule has 20 heavy (non-hydrogen) atoms. The number of carbonyl (C=O) groups excluding carboxylic acids is 1. The second-order valence-corrected chi connectivity index (χ2v) is 5.16. The van der Waals surface area contributed by atoms with Crippen molar-refractivity contribution in [2.24, 2.45) is 0 Å². The van der Waals surface area contributed by atoms with Gasteiger partial charge in [0, 0.05) is 25.2 Å². The summed E-state index contributed by atoms with van der Waals surface area (Å²) in [6.07, 6.45) is 0.144. The van der Waals surface area contributed by atoms with Gasteiger partial charge in [-0.2, -0.15) is 0 Å². The van der Waals surface area contributed by atoms with Crippen molar-refractivity contribution < 1.29 is 13.9 Å². The molecule has 1 N–H and O–H groups in total. The van der Waals surface area contributed by atoms with Gasteiger partial charge in [-0.1, -0.05) is 18.2 Å². The summed E-state index contributed by atoms with van der Waals surface area (Å²) in [7, 11) is 0. The minimum atomic E-state index is -0.291. The Kier molecular flexibility index (Phi) is 5.09. The Balaban J connectivity index is 1.86. The van der Waals surface area contributed by atoms with E-state index in [1.165, 1.54) is 6.07 Å². The third-order valence-corrected chi connectivity index (χ3v) is 3.61. The molecule has 1 aliphatic heterocycles. The van der Waals surface area contributed by atoms with E-state index in [2.05, 4.69) is 10.2 Å². The van der Waals surface area contributed by atoms with Crippen molar-refractivity contribution in [1.29, 1.82) is 0 Å². The van der Waals surface area contributed by atoms with Crippen LogP contribution in [-0.4, -0.2) is 42.6 Å². The Morgan fingerprint density at radius 2 is 2.30 bits per heavy atom. The average molecular weight is 280 g/mol. The van der Waals surface area contributed by atoms with Crippen molar-refractivity contribution in [2.45, 2.75) is 32.5 Å². The lowest BCUT2D eigenvalue weighted by atomic mass is 10.2. The van der Waals surface area contributed by atoms with E-state index < -0.39 is 0 Å². The summed E-state index contributed by atoms with van der Waals surface area (Å²) < 4.78 is 18.9. The number of rotatable bonds is 4. The number of halogens is 1. The average Bonchev–Trinajstić information content (AvgIpc) is 2.45. The summed E-state index contributed by atoms with van der Waals surface area (Å²) in [6, 6.07) is 6.25. The smallest absolute Gasteiger partial charge is 0.237 e. The quantitative estimate of drug-likeness (QED) is 0.910. The first-order valence-corrected chi connectivity index (χ1v) is 6.94. The molecule has 1 heterocycles. The maximum Gasteiger partial charge on any atom is 0.237 e. The number of morpholine rings is 1. The zero-order valence-electron chi connectivity index (χ0n) is 11.9. The van der Waals surface area contributed by atoms with Crippen LogP contribution in [0.25, 0.3) is 0 Å². The molecule has 1 aromatic carbocycles. The SMILES string of the molecule is CC1CN(C(C)C(=O)NCc2ccccc2F)CCO1. The summed E-state index contributed by atoms with van der Waals surface area (Å²) >= 11 is 0. The Morgan fingerprint density at radius 1 is 1.55 bits per heavy atom. The zero-order valence-corrected chi connectivity index (χ0v) is 11.9. The normalized spacial score (nSPS) is 21.4. The number of benzene rings is 1. The van der Waals surface area contributed by atoms with Gasteiger partial charge in [0.1, 0.15) is 5.82 Å². The number of hydrogen-bond donors (Lipinski definition) is 1. The molecule has 1 aromatic rings. The van der Waals surface area contributed by atoms with Crippen LogP contribution in [0.2, 0.25) is 0 Å². The predicted octanol–water partition coefficient (Wildman–Crippen LogP) is 1.55.